The molecule has 0 atom stereocenters. The van der Waals surface area contributed by atoms with E-state index in [0.29, 0.717) is 18.7 Å². The van der Waals surface area contributed by atoms with Crippen molar-refractivity contribution < 1.29 is 4.79 Å². The van der Waals surface area contributed by atoms with E-state index in [-0.39, 0.29) is 5.91 Å². The molecule has 1 aromatic carbocycles. The molecule has 1 aliphatic heterocycles. The van der Waals surface area contributed by atoms with Crippen molar-refractivity contribution in [2.75, 3.05) is 39.3 Å². The molecule has 1 fully saturated rings. The van der Waals surface area contributed by atoms with Gasteiger partial charge in [-0.15, -0.1) is 0 Å². The van der Waals surface area contributed by atoms with E-state index >= 15 is 0 Å². The minimum atomic E-state index is -0.0151. The van der Waals surface area contributed by atoms with Crippen LogP contribution in [0.15, 0.2) is 24.3 Å². The van der Waals surface area contributed by atoms with Crippen molar-refractivity contribution in [1.82, 2.24) is 15.5 Å². The van der Waals surface area contributed by atoms with Crippen LogP contribution >= 0.6 is 0 Å². The molecular weight excluding hydrogens is 240 g/mol. The van der Waals surface area contributed by atoms with E-state index in [9.17, 15) is 4.79 Å². The lowest BCUT2D eigenvalue weighted by Gasteiger charge is -2.27. The molecular formula is C14H22N4O. The summed E-state index contributed by atoms with van der Waals surface area (Å²) in [6.07, 6.45) is 0. The largest absolute Gasteiger partial charge is 0.351 e. The molecule has 19 heavy (non-hydrogen) atoms. The molecule has 1 aliphatic rings. The Labute approximate surface area is 114 Å². The van der Waals surface area contributed by atoms with Crippen LogP contribution in [0.4, 0.5) is 0 Å². The fourth-order valence-corrected chi connectivity index (χ4v) is 2.16. The molecule has 0 unspecified atom stereocenters. The standard InChI is InChI=1S/C14H22N4O/c15-11-12-1-3-13(4-2-12)14(19)17-7-10-18-8-5-16-6-9-18/h1-4,16H,5-11,15H2,(H,17,19). The molecule has 0 aromatic heterocycles. The Balaban J connectivity index is 1.73. The maximum Gasteiger partial charge on any atom is 0.251 e. The SMILES string of the molecule is NCc1ccc(C(=O)NCCN2CCNCC2)cc1. The van der Waals surface area contributed by atoms with Crippen LogP contribution in [-0.4, -0.2) is 50.1 Å². The third-order valence-corrected chi connectivity index (χ3v) is 3.38. The maximum atomic E-state index is 11.9. The van der Waals surface area contributed by atoms with Gasteiger partial charge in [-0.3, -0.25) is 9.69 Å². The Kier molecular flexibility index (Phi) is 5.32. The number of nitrogens with zero attached hydrogens (tertiary/aromatic N) is 1. The minimum Gasteiger partial charge on any atom is -0.351 e. The highest BCUT2D eigenvalue weighted by atomic mass is 16.1. The highest BCUT2D eigenvalue weighted by molar-refractivity contribution is 5.94. The van der Waals surface area contributed by atoms with Crippen molar-refractivity contribution in [3.05, 3.63) is 35.4 Å². The first-order valence-electron chi connectivity index (χ1n) is 6.80. The molecule has 0 saturated carbocycles. The number of hydrogen-bond acceptors (Lipinski definition) is 4. The van der Waals surface area contributed by atoms with Crippen LogP contribution < -0.4 is 16.4 Å². The van der Waals surface area contributed by atoms with E-state index in [0.717, 1.165) is 38.3 Å². The topological polar surface area (TPSA) is 70.4 Å². The average molecular weight is 262 g/mol. The monoisotopic (exact) mass is 262 g/mol. The second-order valence-electron chi connectivity index (χ2n) is 4.75. The van der Waals surface area contributed by atoms with Gasteiger partial charge in [-0.2, -0.15) is 0 Å². The first-order valence-corrected chi connectivity index (χ1v) is 6.80. The van der Waals surface area contributed by atoms with Gasteiger partial charge in [0.05, 0.1) is 0 Å². The molecule has 2 rings (SSSR count). The Morgan fingerprint density at radius 2 is 1.95 bits per heavy atom. The molecule has 0 bridgehead atoms. The van der Waals surface area contributed by atoms with Gasteiger partial charge in [-0.1, -0.05) is 12.1 Å². The van der Waals surface area contributed by atoms with Gasteiger partial charge in [0.15, 0.2) is 0 Å². The van der Waals surface area contributed by atoms with E-state index < -0.39 is 0 Å². The third kappa shape index (κ3) is 4.31. The van der Waals surface area contributed by atoms with Crippen molar-refractivity contribution >= 4 is 5.91 Å². The molecule has 4 N–H and O–H groups in total. The van der Waals surface area contributed by atoms with E-state index in [2.05, 4.69) is 15.5 Å². The summed E-state index contributed by atoms with van der Waals surface area (Å²) in [6.45, 7) is 6.29. The highest BCUT2D eigenvalue weighted by Gasteiger charge is 2.10. The van der Waals surface area contributed by atoms with Gasteiger partial charge in [-0.05, 0) is 17.7 Å². The number of carbonyl (C=O) groups is 1. The summed E-state index contributed by atoms with van der Waals surface area (Å²) in [5.74, 6) is -0.0151. The molecule has 1 amide bonds. The molecule has 0 spiro atoms. The summed E-state index contributed by atoms with van der Waals surface area (Å²) in [6, 6.07) is 7.43. The smallest absolute Gasteiger partial charge is 0.251 e. The predicted octanol–water partition coefficient (Wildman–Crippen LogP) is -0.220. The number of carbonyl (C=O) groups excluding carboxylic acids is 1. The fourth-order valence-electron chi connectivity index (χ4n) is 2.16. The first-order chi connectivity index (χ1) is 9.29. The van der Waals surface area contributed by atoms with Crippen LogP contribution in [-0.2, 0) is 6.54 Å². The Morgan fingerprint density at radius 3 is 2.58 bits per heavy atom. The van der Waals surface area contributed by atoms with E-state index in [1.807, 2.05) is 24.3 Å². The van der Waals surface area contributed by atoms with Crippen LogP contribution in [0.1, 0.15) is 15.9 Å². The second-order valence-corrected chi connectivity index (χ2v) is 4.75. The van der Waals surface area contributed by atoms with Gasteiger partial charge in [0.25, 0.3) is 5.91 Å². The normalized spacial score (nSPS) is 16.3. The first kappa shape index (κ1) is 14.0. The summed E-state index contributed by atoms with van der Waals surface area (Å²) >= 11 is 0. The van der Waals surface area contributed by atoms with Gasteiger partial charge in [0.1, 0.15) is 0 Å². The number of nitrogens with one attached hydrogen (secondary N) is 2. The molecule has 1 aromatic rings. The second kappa shape index (κ2) is 7.23. The molecule has 0 radical (unpaired) electrons. The Bertz CT molecular complexity index is 398. The van der Waals surface area contributed by atoms with Crippen LogP contribution in [0.25, 0.3) is 0 Å². The number of nitrogens with two attached hydrogens (primary N) is 1. The van der Waals surface area contributed by atoms with Crippen molar-refractivity contribution in [1.29, 1.82) is 0 Å². The van der Waals surface area contributed by atoms with Crippen molar-refractivity contribution in [3.8, 4) is 0 Å². The molecule has 1 saturated heterocycles. The minimum absolute atomic E-state index is 0.0151. The van der Waals surface area contributed by atoms with Gasteiger partial charge in [-0.25, -0.2) is 0 Å². The van der Waals surface area contributed by atoms with Gasteiger partial charge < -0.3 is 16.4 Å². The van der Waals surface area contributed by atoms with Gasteiger partial charge in [0, 0.05) is 51.4 Å². The summed E-state index contributed by atoms with van der Waals surface area (Å²) in [7, 11) is 0. The molecule has 5 nitrogen and oxygen atoms in total. The van der Waals surface area contributed by atoms with Gasteiger partial charge >= 0.3 is 0 Å². The zero-order valence-electron chi connectivity index (χ0n) is 11.2. The van der Waals surface area contributed by atoms with Crippen molar-refractivity contribution in [3.63, 3.8) is 0 Å². The molecule has 0 aliphatic carbocycles. The average Bonchev–Trinajstić information content (AvgIpc) is 2.48. The van der Waals surface area contributed by atoms with E-state index in [1.54, 1.807) is 0 Å². The summed E-state index contributed by atoms with van der Waals surface area (Å²) in [5, 5.41) is 6.26. The molecule has 104 valence electrons. The number of benzene rings is 1. The zero-order valence-corrected chi connectivity index (χ0v) is 11.2. The quantitative estimate of drug-likeness (QED) is 0.686. The Morgan fingerprint density at radius 1 is 1.26 bits per heavy atom. The zero-order chi connectivity index (χ0) is 13.5. The summed E-state index contributed by atoms with van der Waals surface area (Å²) < 4.78 is 0. The molecule has 5 heteroatoms. The third-order valence-electron chi connectivity index (χ3n) is 3.38. The highest BCUT2D eigenvalue weighted by Crippen LogP contribution is 2.03. The van der Waals surface area contributed by atoms with Crippen molar-refractivity contribution in [2.45, 2.75) is 6.54 Å². The predicted molar refractivity (Wildman–Crippen MR) is 76.0 cm³/mol. The maximum absolute atomic E-state index is 11.9. The summed E-state index contributed by atoms with van der Waals surface area (Å²) in [4.78, 5) is 14.3. The lowest BCUT2D eigenvalue weighted by atomic mass is 10.1. The van der Waals surface area contributed by atoms with Crippen LogP contribution in [0.5, 0.6) is 0 Å². The fraction of sp³-hybridized carbons (Fsp3) is 0.500. The lowest BCUT2D eigenvalue weighted by molar-refractivity contribution is 0.0947. The van der Waals surface area contributed by atoms with E-state index in [1.165, 1.54) is 0 Å². The molecule has 1 heterocycles. The number of hydrogen-bond donors (Lipinski definition) is 3. The number of rotatable bonds is 5. The number of piperazine rings is 1. The van der Waals surface area contributed by atoms with Gasteiger partial charge in [0.2, 0.25) is 0 Å². The lowest BCUT2D eigenvalue weighted by Crippen LogP contribution is -2.46. The summed E-state index contributed by atoms with van der Waals surface area (Å²) in [5.41, 5.74) is 7.26. The van der Waals surface area contributed by atoms with Crippen LogP contribution in [0, 0.1) is 0 Å². The van der Waals surface area contributed by atoms with Crippen molar-refractivity contribution in [2.24, 2.45) is 5.73 Å². The van der Waals surface area contributed by atoms with Crippen LogP contribution in [0.2, 0.25) is 0 Å². The number of amides is 1. The van der Waals surface area contributed by atoms with Crippen LogP contribution in [0.3, 0.4) is 0 Å². The van der Waals surface area contributed by atoms with E-state index in [4.69, 9.17) is 5.73 Å². The Hall–Kier alpha value is -1.43.